The second-order valence-electron chi connectivity index (χ2n) is 4.11. The van der Waals surface area contributed by atoms with Crippen LogP contribution in [-0.4, -0.2) is 60.2 Å². The van der Waals surface area contributed by atoms with Crippen molar-refractivity contribution in [3.63, 3.8) is 0 Å². The number of β-lactam (4-membered cyclic amide) rings is 1. The van der Waals surface area contributed by atoms with Crippen molar-refractivity contribution in [1.29, 1.82) is 0 Å². The molecule has 0 saturated carbocycles. The van der Waals surface area contributed by atoms with Crippen LogP contribution < -0.4 is 0 Å². The molecule has 106 valence electrons. The third-order valence-electron chi connectivity index (χ3n) is 2.93. The summed E-state index contributed by atoms with van der Waals surface area (Å²) < 4.78 is 4.96. The standard InChI is InChI=1S/C10H9N3O5S2/c14-6-7(15)13-5(9(16)17)4(1-19-8(6)13)2-20-10-12-11-3-18-10/h3,6,8,14H,1-2H2,(H,16,17)/t6-,8-/m1/s1. The van der Waals surface area contributed by atoms with E-state index in [2.05, 4.69) is 10.2 Å². The Balaban J connectivity index is 1.82. The second-order valence-corrected chi connectivity index (χ2v) is 6.14. The van der Waals surface area contributed by atoms with Crippen molar-refractivity contribution in [3.05, 3.63) is 17.7 Å². The highest BCUT2D eigenvalue weighted by atomic mass is 32.2. The Morgan fingerprint density at radius 2 is 2.45 bits per heavy atom. The molecule has 1 fully saturated rings. The number of carbonyl (C=O) groups excluding carboxylic acids is 1. The van der Waals surface area contributed by atoms with Gasteiger partial charge in [0.15, 0.2) is 6.10 Å². The van der Waals surface area contributed by atoms with Gasteiger partial charge in [-0.05, 0) is 5.57 Å². The zero-order valence-electron chi connectivity index (χ0n) is 9.92. The van der Waals surface area contributed by atoms with Crippen molar-refractivity contribution in [1.82, 2.24) is 15.1 Å². The molecule has 20 heavy (non-hydrogen) atoms. The first-order chi connectivity index (χ1) is 9.59. The summed E-state index contributed by atoms with van der Waals surface area (Å²) >= 11 is 2.55. The van der Waals surface area contributed by atoms with E-state index in [0.29, 0.717) is 22.3 Å². The van der Waals surface area contributed by atoms with Gasteiger partial charge in [0.2, 0.25) is 6.39 Å². The Kier molecular flexibility index (Phi) is 3.44. The third-order valence-corrected chi connectivity index (χ3v) is 5.17. The number of fused-ring (bicyclic) bond motifs is 1. The third kappa shape index (κ3) is 2.09. The maximum absolute atomic E-state index is 11.6. The molecule has 2 aliphatic rings. The molecule has 2 atom stereocenters. The van der Waals surface area contributed by atoms with Gasteiger partial charge in [0.05, 0.1) is 0 Å². The lowest BCUT2D eigenvalue weighted by Gasteiger charge is -2.47. The van der Waals surface area contributed by atoms with E-state index < -0.39 is 23.4 Å². The molecule has 10 heteroatoms. The molecule has 0 unspecified atom stereocenters. The molecule has 1 saturated heterocycles. The van der Waals surface area contributed by atoms with E-state index in [1.807, 2.05) is 0 Å². The molecule has 0 radical (unpaired) electrons. The zero-order chi connectivity index (χ0) is 14.3. The number of aromatic nitrogens is 2. The largest absolute Gasteiger partial charge is 0.477 e. The van der Waals surface area contributed by atoms with Crippen LogP contribution in [0.1, 0.15) is 0 Å². The number of amides is 1. The van der Waals surface area contributed by atoms with E-state index in [0.717, 1.165) is 4.90 Å². The van der Waals surface area contributed by atoms with Gasteiger partial charge < -0.3 is 14.6 Å². The summed E-state index contributed by atoms with van der Waals surface area (Å²) in [6.07, 6.45) is 0.0787. The van der Waals surface area contributed by atoms with E-state index in [1.165, 1.54) is 29.9 Å². The monoisotopic (exact) mass is 315 g/mol. The zero-order valence-corrected chi connectivity index (χ0v) is 11.6. The molecule has 0 bridgehead atoms. The first-order valence-electron chi connectivity index (χ1n) is 5.56. The van der Waals surface area contributed by atoms with E-state index in [9.17, 15) is 19.8 Å². The van der Waals surface area contributed by atoms with Crippen LogP contribution in [0, 0.1) is 0 Å². The van der Waals surface area contributed by atoms with Crippen LogP contribution >= 0.6 is 23.5 Å². The number of rotatable bonds is 4. The van der Waals surface area contributed by atoms with Crippen LogP contribution in [0.5, 0.6) is 0 Å². The fourth-order valence-corrected chi connectivity index (χ4v) is 4.17. The van der Waals surface area contributed by atoms with Crippen molar-refractivity contribution in [2.75, 3.05) is 11.5 Å². The number of carbonyl (C=O) groups is 2. The van der Waals surface area contributed by atoms with Gasteiger partial charge in [-0.3, -0.25) is 9.69 Å². The first-order valence-corrected chi connectivity index (χ1v) is 7.60. The molecule has 8 nitrogen and oxygen atoms in total. The Labute approximate surface area is 121 Å². The molecule has 3 heterocycles. The topological polar surface area (TPSA) is 117 Å². The predicted octanol–water partition coefficient (Wildman–Crippen LogP) is -0.224. The van der Waals surface area contributed by atoms with E-state index >= 15 is 0 Å². The minimum absolute atomic E-state index is 0.0453. The van der Waals surface area contributed by atoms with Crippen molar-refractivity contribution >= 4 is 35.4 Å². The van der Waals surface area contributed by atoms with Crippen molar-refractivity contribution in [2.24, 2.45) is 0 Å². The van der Waals surface area contributed by atoms with E-state index in [4.69, 9.17) is 4.42 Å². The lowest BCUT2D eigenvalue weighted by Crippen LogP contribution is -2.64. The summed E-state index contributed by atoms with van der Waals surface area (Å²) in [4.78, 5) is 24.1. The van der Waals surface area contributed by atoms with Crippen molar-refractivity contribution in [3.8, 4) is 0 Å². The van der Waals surface area contributed by atoms with Gasteiger partial charge in [-0.2, -0.15) is 0 Å². The number of aliphatic hydroxyl groups is 1. The fourth-order valence-electron chi connectivity index (χ4n) is 2.02. The highest BCUT2D eigenvalue weighted by Gasteiger charge is 2.52. The molecule has 3 rings (SSSR count). The Morgan fingerprint density at radius 3 is 3.10 bits per heavy atom. The summed E-state index contributed by atoms with van der Waals surface area (Å²) in [6.45, 7) is 0. The first kappa shape index (κ1) is 13.5. The number of hydrogen-bond donors (Lipinski definition) is 2. The molecule has 1 aromatic heterocycles. The quantitative estimate of drug-likeness (QED) is 0.574. The molecule has 0 aromatic carbocycles. The van der Waals surface area contributed by atoms with E-state index in [-0.39, 0.29) is 5.70 Å². The fraction of sp³-hybridized carbons (Fsp3) is 0.400. The average molecular weight is 315 g/mol. The minimum atomic E-state index is -1.17. The van der Waals surface area contributed by atoms with Gasteiger partial charge in [-0.25, -0.2) is 4.79 Å². The van der Waals surface area contributed by atoms with Gasteiger partial charge in [0.25, 0.3) is 11.1 Å². The lowest BCUT2D eigenvalue weighted by atomic mass is 10.1. The SMILES string of the molecule is O=C(O)C1=C(CSc2nnco2)CS[C@@H]2[C@H](O)C(=O)N12. The molecular weight excluding hydrogens is 306 g/mol. The Bertz CT molecular complexity index is 588. The van der Waals surface area contributed by atoms with Gasteiger partial charge in [0, 0.05) is 11.5 Å². The summed E-state index contributed by atoms with van der Waals surface area (Å²) in [5, 5.41) is 25.9. The second kappa shape index (κ2) is 5.11. The molecule has 2 N–H and O–H groups in total. The van der Waals surface area contributed by atoms with Crippen molar-refractivity contribution < 1.29 is 24.2 Å². The highest BCUT2D eigenvalue weighted by molar-refractivity contribution is 8.01. The number of hydrogen-bond acceptors (Lipinski definition) is 8. The molecule has 1 aromatic rings. The van der Waals surface area contributed by atoms with Crippen LogP contribution in [0.15, 0.2) is 27.3 Å². The number of aliphatic carboxylic acids is 1. The van der Waals surface area contributed by atoms with Crippen molar-refractivity contribution in [2.45, 2.75) is 16.7 Å². The predicted molar refractivity (Wildman–Crippen MR) is 68.8 cm³/mol. The Hall–Kier alpha value is -1.52. The average Bonchev–Trinajstić information content (AvgIpc) is 2.96. The van der Waals surface area contributed by atoms with Gasteiger partial charge >= 0.3 is 5.97 Å². The molecule has 0 spiro atoms. The number of nitrogens with zero attached hydrogens (tertiary/aromatic N) is 3. The molecule has 2 aliphatic heterocycles. The normalized spacial score (nSPS) is 25.4. The van der Waals surface area contributed by atoms with Gasteiger partial charge in [-0.15, -0.1) is 22.0 Å². The smallest absolute Gasteiger partial charge is 0.352 e. The lowest BCUT2D eigenvalue weighted by molar-refractivity contribution is -0.159. The summed E-state index contributed by atoms with van der Waals surface area (Å²) in [7, 11) is 0. The van der Waals surface area contributed by atoms with Gasteiger partial charge in [0.1, 0.15) is 11.1 Å². The highest BCUT2D eigenvalue weighted by Crippen LogP contribution is 2.41. The number of aliphatic hydroxyl groups excluding tert-OH is 1. The summed E-state index contributed by atoms with van der Waals surface area (Å²) in [5.41, 5.74) is 0.554. The van der Waals surface area contributed by atoms with Gasteiger partial charge in [-0.1, -0.05) is 11.8 Å². The van der Waals surface area contributed by atoms with Crippen LogP contribution in [0.4, 0.5) is 0 Å². The van der Waals surface area contributed by atoms with Crippen LogP contribution in [0.25, 0.3) is 0 Å². The minimum Gasteiger partial charge on any atom is -0.477 e. The Morgan fingerprint density at radius 1 is 1.65 bits per heavy atom. The maximum Gasteiger partial charge on any atom is 0.352 e. The number of carboxylic acid groups (broad SMARTS) is 1. The van der Waals surface area contributed by atoms with Crippen LogP contribution in [-0.2, 0) is 9.59 Å². The maximum atomic E-state index is 11.6. The van der Waals surface area contributed by atoms with E-state index in [1.54, 1.807) is 0 Å². The van der Waals surface area contributed by atoms with Crippen LogP contribution in [0.2, 0.25) is 0 Å². The summed E-state index contributed by atoms with van der Waals surface area (Å²) in [5.74, 6) is -0.964. The molecule has 0 aliphatic carbocycles. The number of carboxylic acids is 1. The molecular formula is C10H9N3O5S2. The number of thioether (sulfide) groups is 2. The molecule has 1 amide bonds. The van der Waals surface area contributed by atoms with Crippen LogP contribution in [0.3, 0.4) is 0 Å². The summed E-state index contributed by atoms with van der Waals surface area (Å²) in [6, 6.07) is 0.